The number of hydrogen-bond donors (Lipinski definition) is 2. The molecule has 26 heavy (non-hydrogen) atoms. The van der Waals surface area contributed by atoms with Crippen molar-refractivity contribution in [2.45, 2.75) is 46.2 Å². The van der Waals surface area contributed by atoms with Gasteiger partial charge in [-0.2, -0.15) is 0 Å². The summed E-state index contributed by atoms with van der Waals surface area (Å²) < 4.78 is 0. The molecule has 0 spiro atoms. The van der Waals surface area contributed by atoms with Crippen molar-refractivity contribution >= 4 is 23.3 Å². The summed E-state index contributed by atoms with van der Waals surface area (Å²) >= 11 is 0. The Labute approximate surface area is 154 Å². The monoisotopic (exact) mass is 351 g/mol. The van der Waals surface area contributed by atoms with Gasteiger partial charge in [-0.15, -0.1) is 0 Å². The van der Waals surface area contributed by atoms with E-state index in [1.54, 1.807) is 6.07 Å². The number of nitrogens with zero attached hydrogens (tertiary/aromatic N) is 1. The van der Waals surface area contributed by atoms with Crippen molar-refractivity contribution in [1.82, 2.24) is 4.90 Å². The molecule has 5 heteroatoms. The largest absolute Gasteiger partial charge is 0.326 e. The quantitative estimate of drug-likeness (QED) is 0.835. The van der Waals surface area contributed by atoms with Crippen LogP contribution in [0.5, 0.6) is 0 Å². The summed E-state index contributed by atoms with van der Waals surface area (Å²) in [4.78, 5) is 26.1. The molecule has 0 heterocycles. The second-order valence-corrected chi connectivity index (χ2v) is 6.99. The normalized spacial score (nSPS) is 13.2. The number of carbonyl (C=O) groups excluding carboxylic acids is 2. The van der Waals surface area contributed by atoms with Crippen LogP contribution in [-0.2, 0) is 11.3 Å². The van der Waals surface area contributed by atoms with Crippen molar-refractivity contribution in [3.8, 4) is 0 Å². The number of nitrogens with one attached hydrogen (secondary N) is 2. The van der Waals surface area contributed by atoms with Crippen LogP contribution in [0, 0.1) is 13.8 Å². The molecule has 1 aliphatic rings. The van der Waals surface area contributed by atoms with Gasteiger partial charge in [-0.25, -0.2) is 4.79 Å². The third-order valence-corrected chi connectivity index (χ3v) is 4.48. The van der Waals surface area contributed by atoms with E-state index in [2.05, 4.69) is 35.8 Å². The predicted octanol–water partition coefficient (Wildman–Crippen LogP) is 4.46. The fraction of sp³-hybridized carbons (Fsp3) is 0.333. The third-order valence-electron chi connectivity index (χ3n) is 4.48. The Morgan fingerprint density at radius 1 is 1.08 bits per heavy atom. The zero-order valence-electron chi connectivity index (χ0n) is 15.5. The molecule has 5 nitrogen and oxygen atoms in total. The highest BCUT2D eigenvalue weighted by Crippen LogP contribution is 2.29. The van der Waals surface area contributed by atoms with E-state index in [1.807, 2.05) is 30.0 Å². The lowest BCUT2D eigenvalue weighted by Crippen LogP contribution is -2.36. The minimum Gasteiger partial charge on any atom is -0.326 e. The fourth-order valence-electron chi connectivity index (χ4n) is 2.98. The first-order chi connectivity index (χ1) is 12.4. The van der Waals surface area contributed by atoms with Gasteiger partial charge in [0.2, 0.25) is 5.91 Å². The summed E-state index contributed by atoms with van der Waals surface area (Å²) in [5.74, 6) is -0.129. The van der Waals surface area contributed by atoms with Crippen molar-refractivity contribution in [2.75, 3.05) is 10.6 Å². The van der Waals surface area contributed by atoms with Crippen LogP contribution in [0.2, 0.25) is 0 Å². The SMILES string of the molecule is CC(=O)Nc1cc(NC(=O)N(Cc2cccc(C)c2)C2CC2)ccc1C. The zero-order valence-corrected chi connectivity index (χ0v) is 15.5. The van der Waals surface area contributed by atoms with Crippen LogP contribution in [0.1, 0.15) is 36.5 Å². The van der Waals surface area contributed by atoms with Gasteiger partial charge in [-0.05, 0) is 49.9 Å². The predicted molar refractivity (Wildman–Crippen MR) is 104 cm³/mol. The number of anilines is 2. The number of amides is 3. The lowest BCUT2D eigenvalue weighted by atomic mass is 10.1. The van der Waals surface area contributed by atoms with Crippen LogP contribution in [0.4, 0.5) is 16.2 Å². The van der Waals surface area contributed by atoms with Crippen molar-refractivity contribution in [1.29, 1.82) is 0 Å². The lowest BCUT2D eigenvalue weighted by Gasteiger charge is -2.23. The van der Waals surface area contributed by atoms with E-state index in [9.17, 15) is 9.59 Å². The number of carbonyl (C=O) groups is 2. The molecule has 2 aromatic carbocycles. The van der Waals surface area contributed by atoms with Crippen LogP contribution >= 0.6 is 0 Å². The van der Waals surface area contributed by atoms with Crippen molar-refractivity contribution in [3.05, 3.63) is 59.2 Å². The fourth-order valence-corrected chi connectivity index (χ4v) is 2.98. The first-order valence-electron chi connectivity index (χ1n) is 8.94. The molecule has 1 saturated carbocycles. The maximum atomic E-state index is 12.8. The molecular formula is C21H25N3O2. The molecule has 0 aliphatic heterocycles. The summed E-state index contributed by atoms with van der Waals surface area (Å²) in [6.45, 7) is 6.05. The van der Waals surface area contributed by atoms with Crippen LogP contribution in [0.3, 0.4) is 0 Å². The van der Waals surface area contributed by atoms with Gasteiger partial charge in [0.1, 0.15) is 0 Å². The van der Waals surface area contributed by atoms with E-state index >= 15 is 0 Å². The van der Waals surface area contributed by atoms with Gasteiger partial charge < -0.3 is 15.5 Å². The average Bonchev–Trinajstić information content (AvgIpc) is 3.40. The summed E-state index contributed by atoms with van der Waals surface area (Å²) in [6.07, 6.45) is 2.09. The molecule has 2 N–H and O–H groups in total. The molecule has 2 aromatic rings. The van der Waals surface area contributed by atoms with Gasteiger partial charge in [-0.3, -0.25) is 4.79 Å². The first-order valence-corrected chi connectivity index (χ1v) is 8.94. The molecule has 0 saturated heterocycles. The minimum atomic E-state index is -0.129. The number of rotatable bonds is 5. The molecule has 3 rings (SSSR count). The van der Waals surface area contributed by atoms with Crippen LogP contribution in [-0.4, -0.2) is 22.9 Å². The van der Waals surface area contributed by atoms with E-state index in [0.717, 1.165) is 24.0 Å². The van der Waals surface area contributed by atoms with E-state index in [1.165, 1.54) is 12.5 Å². The second kappa shape index (κ2) is 7.60. The summed E-state index contributed by atoms with van der Waals surface area (Å²) in [5, 5.41) is 5.77. The molecule has 0 atom stereocenters. The van der Waals surface area contributed by atoms with Crippen molar-refractivity contribution in [2.24, 2.45) is 0 Å². The molecule has 0 radical (unpaired) electrons. The Morgan fingerprint density at radius 3 is 2.50 bits per heavy atom. The van der Waals surface area contributed by atoms with Gasteiger partial charge in [0, 0.05) is 30.9 Å². The summed E-state index contributed by atoms with van der Waals surface area (Å²) in [5.41, 5.74) is 4.68. The maximum absolute atomic E-state index is 12.8. The Bertz CT molecular complexity index is 828. The molecule has 1 fully saturated rings. The van der Waals surface area contributed by atoms with Gasteiger partial charge in [0.15, 0.2) is 0 Å². The average molecular weight is 351 g/mol. The molecule has 0 aromatic heterocycles. The van der Waals surface area contributed by atoms with Crippen LogP contribution in [0.25, 0.3) is 0 Å². The highest BCUT2D eigenvalue weighted by molar-refractivity contribution is 5.93. The van der Waals surface area contributed by atoms with E-state index < -0.39 is 0 Å². The summed E-state index contributed by atoms with van der Waals surface area (Å²) in [6, 6.07) is 14.0. The smallest absolute Gasteiger partial charge is 0.322 e. The molecule has 0 unspecified atom stereocenters. The number of aryl methyl sites for hydroxylation is 2. The van der Waals surface area contributed by atoms with Gasteiger partial charge in [0.25, 0.3) is 0 Å². The van der Waals surface area contributed by atoms with E-state index in [4.69, 9.17) is 0 Å². The molecule has 1 aliphatic carbocycles. The van der Waals surface area contributed by atoms with Crippen LogP contribution < -0.4 is 10.6 Å². The summed E-state index contributed by atoms with van der Waals surface area (Å²) in [7, 11) is 0. The Kier molecular flexibility index (Phi) is 5.26. The second-order valence-electron chi connectivity index (χ2n) is 6.99. The number of urea groups is 1. The molecular weight excluding hydrogens is 326 g/mol. The van der Waals surface area contributed by atoms with Crippen molar-refractivity contribution < 1.29 is 9.59 Å². The number of benzene rings is 2. The zero-order chi connectivity index (χ0) is 18.7. The molecule has 3 amide bonds. The van der Waals surface area contributed by atoms with Gasteiger partial charge >= 0.3 is 6.03 Å². The van der Waals surface area contributed by atoms with Crippen molar-refractivity contribution in [3.63, 3.8) is 0 Å². The number of hydrogen-bond acceptors (Lipinski definition) is 2. The minimum absolute atomic E-state index is 0.105. The van der Waals surface area contributed by atoms with Gasteiger partial charge in [-0.1, -0.05) is 35.9 Å². The highest BCUT2D eigenvalue weighted by atomic mass is 16.2. The van der Waals surface area contributed by atoms with E-state index in [-0.39, 0.29) is 11.9 Å². The standard InChI is InChI=1S/C21H25N3O2/c1-14-5-4-6-17(11-14)13-24(19-9-10-19)21(26)23-18-8-7-15(2)20(12-18)22-16(3)25/h4-8,11-12,19H,9-10,13H2,1-3H3,(H,22,25)(H,23,26). The van der Waals surface area contributed by atoms with Gasteiger partial charge in [0.05, 0.1) is 0 Å². The first kappa shape index (κ1) is 18.0. The van der Waals surface area contributed by atoms with E-state index in [0.29, 0.717) is 24.0 Å². The van der Waals surface area contributed by atoms with Crippen LogP contribution in [0.15, 0.2) is 42.5 Å². The Balaban J connectivity index is 1.73. The Hall–Kier alpha value is -2.82. The molecule has 136 valence electrons. The maximum Gasteiger partial charge on any atom is 0.322 e. The highest BCUT2D eigenvalue weighted by Gasteiger charge is 2.32. The lowest BCUT2D eigenvalue weighted by molar-refractivity contribution is -0.114. The topological polar surface area (TPSA) is 61.4 Å². The Morgan fingerprint density at radius 2 is 1.85 bits per heavy atom. The third kappa shape index (κ3) is 4.63. The molecule has 0 bridgehead atoms.